The fourth-order valence-corrected chi connectivity index (χ4v) is 2.24. The van der Waals surface area contributed by atoms with Crippen molar-refractivity contribution in [1.29, 1.82) is 0 Å². The molecule has 1 rings (SSSR count). The van der Waals surface area contributed by atoms with Gasteiger partial charge in [0.2, 0.25) is 0 Å². The standard InChI is InChI=1S/C12H11ClF7/c1-5-4-8(9(13)7(3)6(5)2)10(14,11(15,16)17)12(18,19)20/h4-5H,1-3H3. The van der Waals surface area contributed by atoms with Gasteiger partial charge in [0.1, 0.15) is 0 Å². The smallest absolute Gasteiger partial charge is 0.218 e. The Hall–Kier alpha value is -0.720. The fourth-order valence-electron chi connectivity index (χ4n) is 1.90. The topological polar surface area (TPSA) is 0 Å². The molecule has 1 atom stereocenters. The SMILES string of the molecule is C[C]1C(C)=C(Cl)C(C(F)(C(F)(F)F)C(F)(F)F)=CC1C. The molecule has 1 aliphatic rings. The molecule has 1 radical (unpaired) electrons. The van der Waals surface area contributed by atoms with E-state index in [9.17, 15) is 30.7 Å². The van der Waals surface area contributed by atoms with E-state index in [1.807, 2.05) is 0 Å². The van der Waals surface area contributed by atoms with E-state index in [1.165, 1.54) is 20.8 Å². The molecule has 0 aromatic rings. The van der Waals surface area contributed by atoms with E-state index >= 15 is 0 Å². The van der Waals surface area contributed by atoms with Crippen LogP contribution in [0.5, 0.6) is 0 Å². The second kappa shape index (κ2) is 4.93. The first-order chi connectivity index (χ1) is 8.75. The van der Waals surface area contributed by atoms with Crippen LogP contribution in [0.2, 0.25) is 0 Å². The Morgan fingerprint density at radius 3 is 1.70 bits per heavy atom. The van der Waals surface area contributed by atoms with Crippen molar-refractivity contribution < 1.29 is 30.7 Å². The molecule has 8 heteroatoms. The van der Waals surface area contributed by atoms with Crippen molar-refractivity contribution >= 4 is 11.6 Å². The average molecular weight is 324 g/mol. The molecular weight excluding hydrogens is 313 g/mol. The van der Waals surface area contributed by atoms with Gasteiger partial charge in [-0.2, -0.15) is 26.3 Å². The van der Waals surface area contributed by atoms with Gasteiger partial charge in [0.25, 0.3) is 0 Å². The number of rotatable bonds is 1. The molecule has 0 nitrogen and oxygen atoms in total. The van der Waals surface area contributed by atoms with Gasteiger partial charge >= 0.3 is 18.0 Å². The summed E-state index contributed by atoms with van der Waals surface area (Å²) in [4.78, 5) is 0. The highest BCUT2D eigenvalue weighted by molar-refractivity contribution is 6.33. The Labute approximate surface area is 116 Å². The first-order valence-electron chi connectivity index (χ1n) is 5.50. The lowest BCUT2D eigenvalue weighted by Crippen LogP contribution is -2.55. The van der Waals surface area contributed by atoms with Gasteiger partial charge in [-0.05, 0) is 18.4 Å². The van der Waals surface area contributed by atoms with Gasteiger partial charge in [-0.15, -0.1) is 0 Å². The summed E-state index contributed by atoms with van der Waals surface area (Å²) in [5.74, 6) is -0.280. The first kappa shape index (κ1) is 17.3. The van der Waals surface area contributed by atoms with Crippen molar-refractivity contribution in [3.63, 3.8) is 0 Å². The highest BCUT2D eigenvalue weighted by atomic mass is 35.5. The molecular formula is C12H11ClF7. The normalized spacial score (nSPS) is 23.1. The van der Waals surface area contributed by atoms with Gasteiger partial charge in [0.05, 0.1) is 0 Å². The minimum atomic E-state index is -6.15. The lowest BCUT2D eigenvalue weighted by atomic mass is 9.78. The molecule has 0 aliphatic heterocycles. The Balaban J connectivity index is 3.57. The highest BCUT2D eigenvalue weighted by Gasteiger charge is 2.75. The largest absolute Gasteiger partial charge is 0.435 e. The maximum absolute atomic E-state index is 14.0. The third-order valence-electron chi connectivity index (χ3n) is 3.41. The summed E-state index contributed by atoms with van der Waals surface area (Å²) in [6.07, 6.45) is -11.7. The lowest BCUT2D eigenvalue weighted by molar-refractivity contribution is -0.325. The molecule has 0 bridgehead atoms. The van der Waals surface area contributed by atoms with Crippen molar-refractivity contribution in [3.8, 4) is 0 Å². The van der Waals surface area contributed by atoms with Gasteiger partial charge in [0, 0.05) is 16.5 Å². The number of allylic oxidation sites excluding steroid dienone is 4. The van der Waals surface area contributed by atoms with E-state index in [1.54, 1.807) is 0 Å². The Morgan fingerprint density at radius 1 is 0.950 bits per heavy atom. The lowest BCUT2D eigenvalue weighted by Gasteiger charge is -2.36. The van der Waals surface area contributed by atoms with Crippen LogP contribution in [0.15, 0.2) is 22.3 Å². The minimum Gasteiger partial charge on any atom is -0.218 e. The summed E-state index contributed by atoms with van der Waals surface area (Å²) >= 11 is 5.54. The zero-order valence-electron chi connectivity index (χ0n) is 10.7. The monoisotopic (exact) mass is 323 g/mol. The van der Waals surface area contributed by atoms with Crippen LogP contribution in [0, 0.1) is 11.8 Å². The quantitative estimate of drug-likeness (QED) is 0.559. The number of hydrogen-bond donors (Lipinski definition) is 0. The van der Waals surface area contributed by atoms with E-state index in [-0.39, 0.29) is 5.57 Å². The van der Waals surface area contributed by atoms with Gasteiger partial charge < -0.3 is 0 Å². The van der Waals surface area contributed by atoms with E-state index < -0.39 is 34.5 Å². The maximum Gasteiger partial charge on any atom is 0.435 e. The zero-order chi connectivity index (χ0) is 16.1. The summed E-state index contributed by atoms with van der Waals surface area (Å²) in [6, 6.07) is 0. The zero-order valence-corrected chi connectivity index (χ0v) is 11.4. The molecule has 0 saturated heterocycles. The van der Waals surface area contributed by atoms with Crippen LogP contribution in [0.25, 0.3) is 0 Å². The van der Waals surface area contributed by atoms with Gasteiger partial charge in [-0.25, -0.2) is 4.39 Å². The summed E-state index contributed by atoms with van der Waals surface area (Å²) in [7, 11) is 0. The van der Waals surface area contributed by atoms with E-state index in [0.29, 0.717) is 12.0 Å². The van der Waals surface area contributed by atoms with Gasteiger partial charge in [0.15, 0.2) is 0 Å². The van der Waals surface area contributed by atoms with Crippen molar-refractivity contribution in [2.75, 3.05) is 0 Å². The van der Waals surface area contributed by atoms with Crippen LogP contribution in [0.3, 0.4) is 0 Å². The van der Waals surface area contributed by atoms with Crippen LogP contribution < -0.4 is 0 Å². The molecule has 0 N–H and O–H groups in total. The van der Waals surface area contributed by atoms with Gasteiger partial charge in [-0.1, -0.05) is 31.5 Å². The Bertz CT molecular complexity index is 441. The van der Waals surface area contributed by atoms with E-state index in [2.05, 4.69) is 0 Å². The molecule has 1 aliphatic carbocycles. The van der Waals surface area contributed by atoms with Crippen molar-refractivity contribution in [2.24, 2.45) is 5.92 Å². The molecule has 1 unspecified atom stereocenters. The average Bonchev–Trinajstić information content (AvgIpc) is 2.27. The molecule has 0 aromatic carbocycles. The number of hydrogen-bond acceptors (Lipinski definition) is 0. The van der Waals surface area contributed by atoms with Crippen molar-refractivity contribution in [2.45, 2.75) is 38.8 Å². The molecule has 0 heterocycles. The maximum atomic E-state index is 14.0. The molecule has 0 aromatic heterocycles. The van der Waals surface area contributed by atoms with Crippen LogP contribution in [-0.2, 0) is 0 Å². The second-order valence-electron chi connectivity index (χ2n) is 4.65. The Morgan fingerprint density at radius 2 is 1.35 bits per heavy atom. The molecule has 20 heavy (non-hydrogen) atoms. The third kappa shape index (κ3) is 2.44. The molecule has 0 fully saturated rings. The predicted octanol–water partition coefficient (Wildman–Crippen LogP) is 5.50. The van der Waals surface area contributed by atoms with E-state index in [0.717, 1.165) is 0 Å². The van der Waals surface area contributed by atoms with Crippen LogP contribution in [-0.4, -0.2) is 18.0 Å². The molecule has 0 amide bonds. The first-order valence-corrected chi connectivity index (χ1v) is 5.88. The molecule has 0 saturated carbocycles. The minimum absolute atomic E-state index is 0.0205. The summed E-state index contributed by atoms with van der Waals surface area (Å²) in [6.45, 7) is 4.14. The van der Waals surface area contributed by atoms with Crippen LogP contribution in [0.4, 0.5) is 30.7 Å². The highest BCUT2D eigenvalue weighted by Crippen LogP contribution is 2.55. The Kier molecular flexibility index (Phi) is 4.27. The molecule has 115 valence electrons. The molecule has 0 spiro atoms. The summed E-state index contributed by atoms with van der Waals surface area (Å²) in [5, 5.41) is -0.849. The summed E-state index contributed by atoms with van der Waals surface area (Å²) in [5.41, 5.74) is -7.05. The summed E-state index contributed by atoms with van der Waals surface area (Å²) < 4.78 is 90.1. The number of halogens is 8. The van der Waals surface area contributed by atoms with Gasteiger partial charge in [-0.3, -0.25) is 0 Å². The van der Waals surface area contributed by atoms with Crippen LogP contribution >= 0.6 is 11.6 Å². The van der Waals surface area contributed by atoms with Crippen LogP contribution in [0.1, 0.15) is 20.8 Å². The van der Waals surface area contributed by atoms with Crippen molar-refractivity contribution in [3.05, 3.63) is 28.2 Å². The second-order valence-corrected chi connectivity index (χ2v) is 5.02. The fraction of sp³-hybridized carbons (Fsp3) is 0.583. The van der Waals surface area contributed by atoms with Crippen molar-refractivity contribution in [1.82, 2.24) is 0 Å². The van der Waals surface area contributed by atoms with E-state index in [4.69, 9.17) is 11.6 Å². The predicted molar refractivity (Wildman–Crippen MR) is 60.7 cm³/mol. The number of alkyl halides is 7. The third-order valence-corrected chi connectivity index (χ3v) is 3.90.